The van der Waals surface area contributed by atoms with Crippen molar-refractivity contribution in [1.82, 2.24) is 0 Å². The smallest absolute Gasteiger partial charge is 0.316 e. The van der Waals surface area contributed by atoms with Crippen LogP contribution in [0.25, 0.3) is 0 Å². The third-order valence-corrected chi connectivity index (χ3v) is 3.27. The molecule has 1 unspecified atom stereocenters. The number of alkyl halides is 2. The van der Waals surface area contributed by atoms with E-state index in [1.807, 2.05) is 0 Å². The van der Waals surface area contributed by atoms with Gasteiger partial charge < -0.3 is 5.11 Å². The topological polar surface area (TPSA) is 37.3 Å². The Morgan fingerprint density at radius 3 is 2.47 bits per heavy atom. The van der Waals surface area contributed by atoms with Crippen molar-refractivity contribution in [1.29, 1.82) is 0 Å². The lowest BCUT2D eigenvalue weighted by Gasteiger charge is -2.12. The Hall–Kier alpha value is -0.720. The van der Waals surface area contributed by atoms with Gasteiger partial charge >= 0.3 is 5.97 Å². The van der Waals surface area contributed by atoms with Crippen LogP contribution >= 0.6 is 22.6 Å². The molecule has 0 aromatic heterocycles. The van der Waals surface area contributed by atoms with Crippen LogP contribution in [0.1, 0.15) is 17.0 Å². The van der Waals surface area contributed by atoms with E-state index in [9.17, 15) is 13.6 Å². The highest BCUT2D eigenvalue weighted by Gasteiger charge is 2.29. The summed E-state index contributed by atoms with van der Waals surface area (Å²) in [5.41, 5.74) is 0.954. The summed E-state index contributed by atoms with van der Waals surface area (Å²) in [5.74, 6) is -3.23. The third-order valence-electron chi connectivity index (χ3n) is 2.06. The van der Waals surface area contributed by atoms with E-state index in [1.54, 1.807) is 13.0 Å². The van der Waals surface area contributed by atoms with Gasteiger partial charge in [-0.3, -0.25) is 4.79 Å². The first kappa shape index (κ1) is 12.4. The lowest BCUT2D eigenvalue weighted by Crippen LogP contribution is -2.19. The van der Waals surface area contributed by atoms with Gasteiger partial charge in [0, 0.05) is 3.57 Å². The van der Waals surface area contributed by atoms with Crippen LogP contribution in [0.5, 0.6) is 0 Å². The van der Waals surface area contributed by atoms with E-state index < -0.39 is 18.3 Å². The third kappa shape index (κ3) is 2.87. The number of carbonyl (C=O) groups is 1. The lowest BCUT2D eigenvalue weighted by atomic mass is 9.98. The molecule has 0 aliphatic rings. The molecular weight excluding hydrogens is 317 g/mol. The highest BCUT2D eigenvalue weighted by Crippen LogP contribution is 2.26. The van der Waals surface area contributed by atoms with E-state index in [0.29, 0.717) is 0 Å². The predicted molar refractivity (Wildman–Crippen MR) is 60.3 cm³/mol. The number of benzene rings is 1. The summed E-state index contributed by atoms with van der Waals surface area (Å²) in [7, 11) is 0. The molecule has 1 rings (SSSR count). The summed E-state index contributed by atoms with van der Waals surface area (Å²) in [6.07, 6.45) is -2.89. The molecule has 0 heterocycles. The van der Waals surface area contributed by atoms with E-state index in [2.05, 4.69) is 22.6 Å². The molecule has 2 nitrogen and oxygen atoms in total. The van der Waals surface area contributed by atoms with Crippen molar-refractivity contribution in [2.45, 2.75) is 19.3 Å². The Morgan fingerprint density at radius 1 is 1.47 bits per heavy atom. The molecule has 0 saturated heterocycles. The van der Waals surface area contributed by atoms with Crippen molar-refractivity contribution < 1.29 is 18.7 Å². The van der Waals surface area contributed by atoms with Crippen LogP contribution in [0, 0.1) is 10.5 Å². The summed E-state index contributed by atoms with van der Waals surface area (Å²) in [6, 6.07) is 4.57. The molecule has 1 aromatic carbocycles. The van der Waals surface area contributed by atoms with Crippen LogP contribution in [-0.2, 0) is 4.79 Å². The van der Waals surface area contributed by atoms with Gasteiger partial charge in [0.15, 0.2) is 0 Å². The molecule has 0 bridgehead atoms. The summed E-state index contributed by atoms with van der Waals surface area (Å²) in [5, 5.41) is 8.68. The van der Waals surface area contributed by atoms with Gasteiger partial charge in [-0.2, -0.15) is 0 Å². The van der Waals surface area contributed by atoms with Crippen LogP contribution in [0.3, 0.4) is 0 Å². The summed E-state index contributed by atoms with van der Waals surface area (Å²) in [6.45, 7) is 1.76. The molecule has 0 saturated carbocycles. The number of halogens is 3. The van der Waals surface area contributed by atoms with Gasteiger partial charge in [0.2, 0.25) is 0 Å². The van der Waals surface area contributed by atoms with Gasteiger partial charge in [-0.15, -0.1) is 0 Å². The molecule has 0 spiro atoms. The molecule has 0 aliphatic heterocycles. The van der Waals surface area contributed by atoms with Crippen LogP contribution < -0.4 is 0 Å². The summed E-state index contributed by atoms with van der Waals surface area (Å²) in [4.78, 5) is 10.7. The molecule has 1 atom stereocenters. The fourth-order valence-electron chi connectivity index (χ4n) is 1.26. The second-order valence-corrected chi connectivity index (χ2v) is 4.32. The molecule has 0 radical (unpaired) electrons. The van der Waals surface area contributed by atoms with Gasteiger partial charge in [-0.1, -0.05) is 12.1 Å². The second kappa shape index (κ2) is 4.87. The number of carboxylic acid groups (broad SMARTS) is 1. The molecule has 0 fully saturated rings. The standard InChI is InChI=1S/C10H9F2IO2/c1-5-4-6(2-3-7(5)13)8(9(11)12)10(14)15/h2-4,8-9H,1H3,(H,14,15). The van der Waals surface area contributed by atoms with Crippen LogP contribution in [-0.4, -0.2) is 17.5 Å². The number of hydrogen-bond acceptors (Lipinski definition) is 1. The number of carboxylic acids is 1. The molecule has 15 heavy (non-hydrogen) atoms. The van der Waals surface area contributed by atoms with Gasteiger partial charge in [0.25, 0.3) is 6.43 Å². The fraction of sp³-hybridized carbons (Fsp3) is 0.300. The number of aryl methyl sites for hydroxylation is 1. The largest absolute Gasteiger partial charge is 0.481 e. The summed E-state index contributed by atoms with van der Waals surface area (Å²) < 4.78 is 25.9. The van der Waals surface area contributed by atoms with Crippen molar-refractivity contribution in [3.63, 3.8) is 0 Å². The molecule has 1 aromatic rings. The highest BCUT2D eigenvalue weighted by molar-refractivity contribution is 14.1. The van der Waals surface area contributed by atoms with E-state index in [0.717, 1.165) is 9.13 Å². The number of aliphatic carboxylic acids is 1. The maximum Gasteiger partial charge on any atom is 0.316 e. The molecule has 1 N–H and O–H groups in total. The number of hydrogen-bond donors (Lipinski definition) is 1. The molecule has 82 valence electrons. The van der Waals surface area contributed by atoms with Gasteiger partial charge in [0.05, 0.1) is 0 Å². The quantitative estimate of drug-likeness (QED) is 0.867. The first-order valence-corrected chi connectivity index (χ1v) is 5.28. The second-order valence-electron chi connectivity index (χ2n) is 3.16. The Kier molecular flexibility index (Phi) is 4.01. The van der Waals surface area contributed by atoms with Crippen molar-refractivity contribution in [2.24, 2.45) is 0 Å². The van der Waals surface area contributed by atoms with E-state index in [4.69, 9.17) is 5.11 Å². The van der Waals surface area contributed by atoms with Crippen LogP contribution in [0.2, 0.25) is 0 Å². The van der Waals surface area contributed by atoms with Crippen molar-refractivity contribution in [2.75, 3.05) is 0 Å². The average molecular weight is 326 g/mol. The monoisotopic (exact) mass is 326 g/mol. The molecule has 0 amide bonds. The van der Waals surface area contributed by atoms with Gasteiger partial charge in [0.1, 0.15) is 5.92 Å². The van der Waals surface area contributed by atoms with Crippen molar-refractivity contribution >= 4 is 28.6 Å². The average Bonchev–Trinajstić information content (AvgIpc) is 2.10. The zero-order valence-corrected chi connectivity index (χ0v) is 10.0. The van der Waals surface area contributed by atoms with Crippen LogP contribution in [0.4, 0.5) is 8.78 Å². The van der Waals surface area contributed by atoms with Crippen molar-refractivity contribution in [3.8, 4) is 0 Å². The SMILES string of the molecule is Cc1cc(C(C(=O)O)C(F)F)ccc1I. The number of rotatable bonds is 3. The van der Waals surface area contributed by atoms with Gasteiger partial charge in [-0.05, 0) is 46.7 Å². The van der Waals surface area contributed by atoms with E-state index in [1.165, 1.54) is 12.1 Å². The maximum absolute atomic E-state index is 12.5. The minimum absolute atomic E-state index is 0.149. The van der Waals surface area contributed by atoms with Crippen LogP contribution in [0.15, 0.2) is 18.2 Å². The maximum atomic E-state index is 12.5. The first-order valence-electron chi connectivity index (χ1n) is 4.20. The Morgan fingerprint density at radius 2 is 2.07 bits per heavy atom. The fourth-order valence-corrected chi connectivity index (χ4v) is 1.59. The Balaban J connectivity index is 3.12. The Labute approximate surface area is 99.4 Å². The molecule has 0 aliphatic carbocycles. The Bertz CT molecular complexity index is 380. The molecule has 5 heteroatoms. The van der Waals surface area contributed by atoms with E-state index >= 15 is 0 Å². The minimum atomic E-state index is -2.89. The normalized spacial score (nSPS) is 12.9. The first-order chi connectivity index (χ1) is 6.93. The summed E-state index contributed by atoms with van der Waals surface area (Å²) >= 11 is 2.06. The van der Waals surface area contributed by atoms with Gasteiger partial charge in [-0.25, -0.2) is 8.78 Å². The predicted octanol–water partition coefficient (Wildman–Crippen LogP) is 3.03. The lowest BCUT2D eigenvalue weighted by molar-refractivity contribution is -0.142. The van der Waals surface area contributed by atoms with Crippen molar-refractivity contribution in [3.05, 3.63) is 32.9 Å². The zero-order valence-electron chi connectivity index (χ0n) is 7.88. The zero-order chi connectivity index (χ0) is 11.6. The molecular formula is C10H9F2IO2. The highest BCUT2D eigenvalue weighted by atomic mass is 127. The minimum Gasteiger partial charge on any atom is -0.481 e. The van der Waals surface area contributed by atoms with E-state index in [-0.39, 0.29) is 5.56 Å².